The van der Waals surface area contributed by atoms with Gasteiger partial charge in [-0.2, -0.15) is 0 Å². The van der Waals surface area contributed by atoms with Crippen molar-refractivity contribution in [3.63, 3.8) is 0 Å². The Hall–Kier alpha value is -1.49. The summed E-state index contributed by atoms with van der Waals surface area (Å²) in [6, 6.07) is 9.78. The van der Waals surface area contributed by atoms with E-state index in [2.05, 4.69) is 0 Å². The van der Waals surface area contributed by atoms with Crippen LogP contribution in [0.4, 0.5) is 0 Å². The Balaban J connectivity index is 1.70. The van der Waals surface area contributed by atoms with Crippen molar-refractivity contribution in [1.29, 1.82) is 0 Å². The first kappa shape index (κ1) is 13.0. The number of carbonyl (C=O) groups excluding carboxylic acids is 1. The van der Waals surface area contributed by atoms with Gasteiger partial charge in [-0.1, -0.05) is 18.2 Å². The molecule has 0 saturated carbocycles. The molecule has 4 nitrogen and oxygen atoms in total. The minimum atomic E-state index is -0.786. The molecule has 1 heterocycles. The number of carboxylic acid groups (broad SMARTS) is 1. The number of benzene rings is 1. The van der Waals surface area contributed by atoms with Gasteiger partial charge in [0.05, 0.1) is 12.2 Å². The second-order valence-corrected chi connectivity index (χ2v) is 5.41. The molecule has 5 heteroatoms. The van der Waals surface area contributed by atoms with Crippen molar-refractivity contribution >= 4 is 23.6 Å². The normalized spacial score (nSPS) is 15.2. The van der Waals surface area contributed by atoms with E-state index in [-0.39, 0.29) is 18.2 Å². The fourth-order valence-corrected chi connectivity index (χ4v) is 2.72. The summed E-state index contributed by atoms with van der Waals surface area (Å²) in [6.07, 6.45) is 0.162. The molecule has 1 amide bonds. The van der Waals surface area contributed by atoms with Crippen LogP contribution in [-0.2, 0) is 9.59 Å². The van der Waals surface area contributed by atoms with E-state index in [1.807, 2.05) is 30.3 Å². The van der Waals surface area contributed by atoms with Crippen LogP contribution in [0.25, 0.3) is 0 Å². The Kier molecular flexibility index (Phi) is 4.25. The number of hydrogen-bond acceptors (Lipinski definition) is 3. The van der Waals surface area contributed by atoms with Crippen LogP contribution >= 0.6 is 11.8 Å². The Morgan fingerprint density at radius 2 is 1.94 bits per heavy atom. The van der Waals surface area contributed by atoms with Gasteiger partial charge in [0.25, 0.3) is 0 Å². The lowest BCUT2D eigenvalue weighted by Gasteiger charge is -2.38. The number of rotatable bonds is 5. The van der Waals surface area contributed by atoms with Gasteiger partial charge >= 0.3 is 5.97 Å². The number of amides is 1. The summed E-state index contributed by atoms with van der Waals surface area (Å²) in [7, 11) is 0. The van der Waals surface area contributed by atoms with Crippen molar-refractivity contribution in [1.82, 2.24) is 4.90 Å². The first-order valence-corrected chi connectivity index (χ1v) is 6.81. The zero-order valence-electron chi connectivity index (χ0n) is 9.91. The molecule has 1 N–H and O–H groups in total. The van der Waals surface area contributed by atoms with Crippen LogP contribution in [0.1, 0.15) is 6.42 Å². The smallest absolute Gasteiger partial charge is 0.303 e. The van der Waals surface area contributed by atoms with Crippen LogP contribution in [0.15, 0.2) is 35.2 Å². The maximum absolute atomic E-state index is 11.8. The Morgan fingerprint density at radius 3 is 2.56 bits per heavy atom. The zero-order chi connectivity index (χ0) is 13.0. The molecule has 18 heavy (non-hydrogen) atoms. The van der Waals surface area contributed by atoms with E-state index in [9.17, 15) is 9.59 Å². The fraction of sp³-hybridized carbons (Fsp3) is 0.385. The van der Waals surface area contributed by atoms with Crippen LogP contribution in [-0.4, -0.2) is 40.7 Å². The van der Waals surface area contributed by atoms with Gasteiger partial charge in [0.1, 0.15) is 0 Å². The predicted octanol–water partition coefficient (Wildman–Crippen LogP) is 1.71. The highest BCUT2D eigenvalue weighted by atomic mass is 32.2. The van der Waals surface area contributed by atoms with Crippen LogP contribution < -0.4 is 0 Å². The maximum atomic E-state index is 11.8. The van der Waals surface area contributed by atoms with Crippen molar-refractivity contribution in [2.24, 2.45) is 5.92 Å². The van der Waals surface area contributed by atoms with Gasteiger partial charge in [-0.15, -0.1) is 11.8 Å². The van der Waals surface area contributed by atoms with E-state index >= 15 is 0 Å². The van der Waals surface area contributed by atoms with Gasteiger partial charge in [-0.05, 0) is 12.1 Å². The van der Waals surface area contributed by atoms with Crippen LogP contribution in [0.5, 0.6) is 0 Å². The molecule has 1 aliphatic rings. The fourth-order valence-electron chi connectivity index (χ4n) is 1.90. The summed E-state index contributed by atoms with van der Waals surface area (Å²) in [6.45, 7) is 1.17. The molecule has 0 aromatic heterocycles. The summed E-state index contributed by atoms with van der Waals surface area (Å²) in [5, 5.41) is 8.62. The molecule has 96 valence electrons. The average molecular weight is 265 g/mol. The highest BCUT2D eigenvalue weighted by molar-refractivity contribution is 8.00. The third-order valence-electron chi connectivity index (χ3n) is 2.88. The van der Waals surface area contributed by atoms with Crippen LogP contribution in [0.3, 0.4) is 0 Å². The molecular formula is C13H15NO3S. The SMILES string of the molecule is O=C(O)CC1CN(C(=O)CSc2ccccc2)C1. The van der Waals surface area contributed by atoms with Gasteiger partial charge in [0, 0.05) is 23.9 Å². The molecule has 2 rings (SSSR count). The number of likely N-dealkylation sites (tertiary alicyclic amines) is 1. The van der Waals surface area contributed by atoms with Gasteiger partial charge < -0.3 is 10.0 Å². The molecule has 1 fully saturated rings. The van der Waals surface area contributed by atoms with E-state index in [1.165, 1.54) is 11.8 Å². The number of hydrogen-bond donors (Lipinski definition) is 1. The lowest BCUT2D eigenvalue weighted by Crippen LogP contribution is -2.51. The third-order valence-corrected chi connectivity index (χ3v) is 3.88. The topological polar surface area (TPSA) is 57.6 Å². The molecular weight excluding hydrogens is 250 g/mol. The standard InChI is InChI=1S/C13H15NO3S/c15-12(9-18-11-4-2-1-3-5-11)14-7-10(8-14)6-13(16)17/h1-5,10H,6-9H2,(H,16,17). The van der Waals surface area contributed by atoms with E-state index in [1.54, 1.807) is 4.90 Å². The first-order chi connectivity index (χ1) is 8.65. The Labute approximate surface area is 110 Å². The van der Waals surface area contributed by atoms with Gasteiger partial charge in [0.2, 0.25) is 5.91 Å². The molecule has 1 aliphatic heterocycles. The Morgan fingerprint density at radius 1 is 1.28 bits per heavy atom. The number of aliphatic carboxylic acids is 1. The van der Waals surface area contributed by atoms with Crippen molar-refractivity contribution in [3.8, 4) is 0 Å². The van der Waals surface area contributed by atoms with E-state index in [4.69, 9.17) is 5.11 Å². The second kappa shape index (κ2) is 5.91. The highest BCUT2D eigenvalue weighted by Gasteiger charge is 2.31. The monoisotopic (exact) mass is 265 g/mol. The first-order valence-electron chi connectivity index (χ1n) is 5.82. The lowest BCUT2D eigenvalue weighted by atomic mass is 9.96. The maximum Gasteiger partial charge on any atom is 0.303 e. The quantitative estimate of drug-likeness (QED) is 0.823. The van der Waals surface area contributed by atoms with Crippen molar-refractivity contribution in [2.45, 2.75) is 11.3 Å². The molecule has 1 aromatic carbocycles. The summed E-state index contributed by atoms with van der Waals surface area (Å²) < 4.78 is 0. The molecule has 1 aromatic rings. The third kappa shape index (κ3) is 3.50. The summed E-state index contributed by atoms with van der Waals surface area (Å²) in [4.78, 5) is 25.1. The summed E-state index contributed by atoms with van der Waals surface area (Å²) in [5.74, 6) is -0.145. The molecule has 0 aliphatic carbocycles. The summed E-state index contributed by atoms with van der Waals surface area (Å²) >= 11 is 1.51. The largest absolute Gasteiger partial charge is 0.481 e. The minimum absolute atomic E-state index is 0.0884. The molecule has 1 saturated heterocycles. The Bertz CT molecular complexity index is 429. The zero-order valence-corrected chi connectivity index (χ0v) is 10.7. The number of nitrogens with zero attached hydrogens (tertiary/aromatic N) is 1. The highest BCUT2D eigenvalue weighted by Crippen LogP contribution is 2.22. The molecule has 0 bridgehead atoms. The second-order valence-electron chi connectivity index (χ2n) is 4.36. The van der Waals surface area contributed by atoms with E-state index < -0.39 is 5.97 Å². The van der Waals surface area contributed by atoms with E-state index in [0.717, 1.165) is 4.90 Å². The van der Waals surface area contributed by atoms with E-state index in [0.29, 0.717) is 18.8 Å². The number of carbonyl (C=O) groups is 2. The lowest BCUT2D eigenvalue weighted by molar-refractivity contribution is -0.143. The number of carboxylic acids is 1. The minimum Gasteiger partial charge on any atom is -0.481 e. The van der Waals surface area contributed by atoms with Crippen molar-refractivity contribution in [3.05, 3.63) is 30.3 Å². The van der Waals surface area contributed by atoms with Gasteiger partial charge in [-0.3, -0.25) is 9.59 Å². The summed E-state index contributed by atoms with van der Waals surface area (Å²) in [5.41, 5.74) is 0. The predicted molar refractivity (Wildman–Crippen MR) is 69.5 cm³/mol. The molecule has 0 atom stereocenters. The average Bonchev–Trinajstić information content (AvgIpc) is 2.31. The van der Waals surface area contributed by atoms with Crippen LogP contribution in [0.2, 0.25) is 0 Å². The van der Waals surface area contributed by atoms with Gasteiger partial charge in [0.15, 0.2) is 0 Å². The van der Waals surface area contributed by atoms with Gasteiger partial charge in [-0.25, -0.2) is 0 Å². The van der Waals surface area contributed by atoms with Crippen molar-refractivity contribution < 1.29 is 14.7 Å². The number of thioether (sulfide) groups is 1. The van der Waals surface area contributed by atoms with Crippen molar-refractivity contribution in [2.75, 3.05) is 18.8 Å². The molecule has 0 unspecified atom stereocenters. The molecule has 0 spiro atoms. The van der Waals surface area contributed by atoms with Crippen LogP contribution in [0, 0.1) is 5.92 Å². The molecule has 0 radical (unpaired) electrons.